The van der Waals surface area contributed by atoms with E-state index >= 15 is 0 Å². The second-order valence-corrected chi connectivity index (χ2v) is 7.95. The molecule has 0 spiro atoms. The fourth-order valence-corrected chi connectivity index (χ4v) is 3.90. The van der Waals surface area contributed by atoms with Crippen LogP contribution >= 0.6 is 0 Å². The summed E-state index contributed by atoms with van der Waals surface area (Å²) in [5, 5.41) is 9.47. The van der Waals surface area contributed by atoms with Crippen LogP contribution in [0.2, 0.25) is 0 Å². The van der Waals surface area contributed by atoms with Crippen molar-refractivity contribution in [1.29, 1.82) is 0 Å². The molecule has 0 bridgehead atoms. The summed E-state index contributed by atoms with van der Waals surface area (Å²) in [6.07, 6.45) is -9.12. The number of allylic oxidation sites excluding steroid dienone is 1. The molecule has 0 radical (unpaired) electrons. The Balaban J connectivity index is 2.56. The number of nitrogens with one attached hydrogen (secondary N) is 1. The fourth-order valence-electron chi connectivity index (χ4n) is 2.76. The number of carboxylic acids is 1. The van der Waals surface area contributed by atoms with Crippen LogP contribution in [0.1, 0.15) is 11.1 Å². The molecule has 1 aliphatic carbocycles. The van der Waals surface area contributed by atoms with Gasteiger partial charge in [0.1, 0.15) is 6.10 Å². The highest BCUT2D eigenvalue weighted by Gasteiger charge is 2.47. The highest BCUT2D eigenvalue weighted by atomic mass is 32.2. The molecule has 31 heavy (non-hydrogen) atoms. The van der Waals surface area contributed by atoms with Gasteiger partial charge in [0.15, 0.2) is 0 Å². The van der Waals surface area contributed by atoms with Crippen molar-refractivity contribution in [3.8, 4) is 0 Å². The topological polar surface area (TPSA) is 102 Å². The number of sulfonamides is 1. The standard InChI is InChI=1S/C17H15F6NO6S/c1-29-13-4-3-12(8-15(13,30-2)14(25)26)31(27,28)24-11-6-9(16(18,19)20)5-10(7-11)17(21,22)23/h3-8,13,24H,1-2H3,(H,25,26). The third-order valence-corrected chi connectivity index (χ3v) is 5.67. The Labute approximate surface area is 172 Å². The molecule has 2 N–H and O–H groups in total. The van der Waals surface area contributed by atoms with Gasteiger partial charge in [0.25, 0.3) is 10.0 Å². The molecule has 2 atom stereocenters. The Hall–Kier alpha value is -2.58. The summed E-state index contributed by atoms with van der Waals surface area (Å²) in [5.41, 5.74) is -6.80. The van der Waals surface area contributed by atoms with Gasteiger partial charge in [0, 0.05) is 14.2 Å². The second kappa shape index (κ2) is 8.16. The van der Waals surface area contributed by atoms with E-state index < -0.39 is 61.8 Å². The number of aliphatic carboxylic acids is 1. The average molecular weight is 475 g/mol. The van der Waals surface area contributed by atoms with Crippen LogP contribution in [0.15, 0.2) is 41.3 Å². The van der Waals surface area contributed by atoms with Gasteiger partial charge in [-0.15, -0.1) is 0 Å². The van der Waals surface area contributed by atoms with Crippen LogP contribution in [-0.4, -0.2) is 45.4 Å². The zero-order valence-electron chi connectivity index (χ0n) is 15.7. The van der Waals surface area contributed by atoms with E-state index in [0.717, 1.165) is 26.4 Å². The van der Waals surface area contributed by atoms with Crippen LogP contribution in [0.4, 0.5) is 32.0 Å². The minimum Gasteiger partial charge on any atom is -0.479 e. The van der Waals surface area contributed by atoms with E-state index in [0.29, 0.717) is 6.08 Å². The SMILES string of the molecule is COC1C=CC(S(=O)(=O)Nc2cc(C(F)(F)F)cc(C(F)(F)F)c2)=CC1(OC)C(=O)O. The van der Waals surface area contributed by atoms with Gasteiger partial charge in [-0.25, -0.2) is 13.2 Å². The van der Waals surface area contributed by atoms with E-state index in [2.05, 4.69) is 0 Å². The molecule has 2 rings (SSSR count). The number of rotatable bonds is 6. The van der Waals surface area contributed by atoms with Crippen molar-refractivity contribution in [1.82, 2.24) is 0 Å². The maximum Gasteiger partial charge on any atom is 0.416 e. The number of hydrogen-bond donors (Lipinski definition) is 2. The van der Waals surface area contributed by atoms with Gasteiger partial charge in [-0.2, -0.15) is 26.3 Å². The Morgan fingerprint density at radius 3 is 1.97 bits per heavy atom. The molecule has 0 fully saturated rings. The van der Waals surface area contributed by atoms with Crippen LogP contribution in [0.25, 0.3) is 0 Å². The highest BCUT2D eigenvalue weighted by Crippen LogP contribution is 2.38. The van der Waals surface area contributed by atoms with Crippen LogP contribution in [0.5, 0.6) is 0 Å². The molecule has 0 aliphatic heterocycles. The smallest absolute Gasteiger partial charge is 0.416 e. The first-order valence-electron chi connectivity index (χ1n) is 8.11. The second-order valence-electron chi connectivity index (χ2n) is 6.26. The van der Waals surface area contributed by atoms with Gasteiger partial charge in [-0.05, 0) is 30.4 Å². The minimum atomic E-state index is -5.19. The Morgan fingerprint density at radius 2 is 1.58 bits per heavy atom. The molecule has 0 heterocycles. The van der Waals surface area contributed by atoms with E-state index in [4.69, 9.17) is 9.47 Å². The number of carbonyl (C=O) groups is 1. The van der Waals surface area contributed by atoms with Gasteiger partial charge < -0.3 is 14.6 Å². The molecule has 14 heteroatoms. The molecule has 0 saturated carbocycles. The first-order valence-corrected chi connectivity index (χ1v) is 9.60. The molecular weight excluding hydrogens is 460 g/mol. The zero-order chi connectivity index (χ0) is 23.8. The van der Waals surface area contributed by atoms with Crippen LogP contribution in [0, 0.1) is 0 Å². The van der Waals surface area contributed by atoms with Gasteiger partial charge in [-0.1, -0.05) is 6.08 Å². The lowest BCUT2D eigenvalue weighted by atomic mass is 9.92. The number of methoxy groups -OCH3 is 2. The monoisotopic (exact) mass is 475 g/mol. The van der Waals surface area contributed by atoms with Crippen LogP contribution in [0.3, 0.4) is 0 Å². The number of halogens is 6. The number of alkyl halides is 6. The van der Waals surface area contributed by atoms with E-state index in [1.165, 1.54) is 0 Å². The van der Waals surface area contributed by atoms with Gasteiger partial charge >= 0.3 is 18.3 Å². The molecule has 1 aromatic rings. The fraction of sp³-hybridized carbons (Fsp3) is 0.353. The lowest BCUT2D eigenvalue weighted by Crippen LogP contribution is -2.51. The third-order valence-electron chi connectivity index (χ3n) is 4.29. The van der Waals surface area contributed by atoms with Crippen molar-refractivity contribution in [2.24, 2.45) is 0 Å². The summed E-state index contributed by atoms with van der Waals surface area (Å²) in [4.78, 5) is 10.9. The minimum absolute atomic E-state index is 0.166. The van der Waals surface area contributed by atoms with Gasteiger partial charge in [-0.3, -0.25) is 4.72 Å². The largest absolute Gasteiger partial charge is 0.479 e. The van der Waals surface area contributed by atoms with Crippen molar-refractivity contribution in [2.75, 3.05) is 18.9 Å². The summed E-state index contributed by atoms with van der Waals surface area (Å²) in [6.45, 7) is 0. The molecule has 0 saturated heterocycles. The molecule has 1 aliphatic rings. The van der Waals surface area contributed by atoms with Crippen molar-refractivity contribution >= 4 is 21.7 Å². The van der Waals surface area contributed by atoms with Crippen LogP contribution < -0.4 is 4.72 Å². The Kier molecular flexibility index (Phi) is 6.50. The maximum atomic E-state index is 13.0. The highest BCUT2D eigenvalue weighted by molar-refractivity contribution is 7.96. The average Bonchev–Trinajstić information content (AvgIpc) is 2.65. The van der Waals surface area contributed by atoms with Gasteiger partial charge in [0.05, 0.1) is 21.7 Å². The molecular formula is C17H15F6NO6S. The molecule has 0 amide bonds. The number of anilines is 1. The summed E-state index contributed by atoms with van der Waals surface area (Å²) in [5.74, 6) is -1.64. The molecule has 0 aromatic heterocycles. The van der Waals surface area contributed by atoms with Crippen molar-refractivity contribution in [3.05, 3.63) is 52.5 Å². The molecule has 1 aromatic carbocycles. The number of carboxylic acid groups (broad SMARTS) is 1. The summed E-state index contributed by atoms with van der Waals surface area (Å²) in [7, 11) is -2.74. The number of hydrogen-bond acceptors (Lipinski definition) is 5. The lowest BCUT2D eigenvalue weighted by Gasteiger charge is -2.33. The number of benzene rings is 1. The summed E-state index contributed by atoms with van der Waals surface area (Å²) >= 11 is 0. The third kappa shape index (κ3) is 5.02. The normalized spacial score (nSPS) is 22.2. The maximum absolute atomic E-state index is 13.0. The van der Waals surface area contributed by atoms with Crippen molar-refractivity contribution in [2.45, 2.75) is 24.1 Å². The summed E-state index contributed by atoms with van der Waals surface area (Å²) in [6, 6.07) is 0.193. The lowest BCUT2D eigenvalue weighted by molar-refractivity contribution is -0.167. The summed E-state index contributed by atoms with van der Waals surface area (Å²) < 4.78 is 115. The van der Waals surface area contributed by atoms with E-state index in [-0.39, 0.29) is 18.2 Å². The van der Waals surface area contributed by atoms with E-state index in [1.54, 1.807) is 4.72 Å². The predicted molar refractivity (Wildman–Crippen MR) is 94.4 cm³/mol. The number of ether oxygens (including phenoxy) is 2. The predicted octanol–water partition coefficient (Wildman–Crippen LogP) is 3.40. The first-order chi connectivity index (χ1) is 14.1. The molecule has 2 unspecified atom stereocenters. The van der Waals surface area contributed by atoms with Crippen molar-refractivity contribution in [3.63, 3.8) is 0 Å². The molecule has 172 valence electrons. The quantitative estimate of drug-likeness (QED) is 0.612. The van der Waals surface area contributed by atoms with E-state index in [1.807, 2.05) is 0 Å². The van der Waals surface area contributed by atoms with Crippen LogP contribution in [-0.2, 0) is 36.6 Å². The molecule has 7 nitrogen and oxygen atoms in total. The van der Waals surface area contributed by atoms with Crippen molar-refractivity contribution < 1.29 is 54.1 Å². The Morgan fingerprint density at radius 1 is 1.06 bits per heavy atom. The zero-order valence-corrected chi connectivity index (χ0v) is 16.5. The van der Waals surface area contributed by atoms with E-state index in [9.17, 15) is 44.7 Å². The van der Waals surface area contributed by atoms with Gasteiger partial charge in [0.2, 0.25) is 5.60 Å². The Bertz CT molecular complexity index is 998. The first kappa shape index (κ1) is 24.7.